The molecule has 3 saturated heterocycles. The molecule has 0 spiro atoms. The van der Waals surface area contributed by atoms with Gasteiger partial charge in [-0.25, -0.2) is 13.6 Å². The predicted octanol–water partition coefficient (Wildman–Crippen LogP) is 3.47. The van der Waals surface area contributed by atoms with Crippen LogP contribution in [-0.2, 0) is 9.47 Å². The van der Waals surface area contributed by atoms with Crippen LogP contribution in [0.15, 0.2) is 30.5 Å². The summed E-state index contributed by atoms with van der Waals surface area (Å²) in [7, 11) is 1.36. The lowest BCUT2D eigenvalue weighted by Gasteiger charge is -2.41. The smallest absolute Gasteiger partial charge is 0.410 e. The third kappa shape index (κ3) is 5.50. The van der Waals surface area contributed by atoms with Gasteiger partial charge in [0.2, 0.25) is 0 Å². The number of aliphatic hydroxyl groups is 2. The number of aromatic nitrogens is 3. The zero-order valence-electron chi connectivity index (χ0n) is 25.3. The van der Waals surface area contributed by atoms with Crippen LogP contribution in [0.4, 0.5) is 19.4 Å². The number of hydrogen-bond acceptors (Lipinski definition) is 11. The van der Waals surface area contributed by atoms with Gasteiger partial charge in [0.25, 0.3) is 0 Å². The fourth-order valence-electron chi connectivity index (χ4n) is 6.98. The second-order valence-electron chi connectivity index (χ2n) is 12.0. The van der Waals surface area contributed by atoms with Gasteiger partial charge in [0.05, 0.1) is 42.4 Å². The monoisotopic (exact) mass is 647 g/mol. The van der Waals surface area contributed by atoms with E-state index in [1.165, 1.54) is 37.6 Å². The molecule has 1 amide bonds. The molecule has 2 aromatic carbocycles. The number of hydrogen-bond donors (Lipinski definition) is 3. The normalized spacial score (nSPS) is 24.0. The lowest BCUT2D eigenvalue weighted by atomic mass is 9.96. The SMILES string of the molecule is C#Cc1c(F)ccc2cc(O)cc(-c3ncc4c(N5CC6CCC(C5)N6C(=O)OC[C@@H]5C[C@H](O)C[C@H](O)O5)nc(OC)nc4c3F)c12. The van der Waals surface area contributed by atoms with Gasteiger partial charge < -0.3 is 34.4 Å². The number of benzene rings is 2. The molecule has 0 saturated carbocycles. The molecule has 3 aliphatic heterocycles. The Morgan fingerprint density at radius 3 is 2.62 bits per heavy atom. The number of aromatic hydroxyl groups is 1. The van der Waals surface area contributed by atoms with Gasteiger partial charge in [-0.05, 0) is 36.4 Å². The number of ether oxygens (including phenoxy) is 3. The average Bonchev–Trinajstić information content (AvgIpc) is 3.31. The van der Waals surface area contributed by atoms with Gasteiger partial charge in [-0.3, -0.25) is 9.88 Å². The number of amides is 1. The number of aliphatic hydroxyl groups excluding tert-OH is 2. The minimum atomic E-state index is -1.11. The Bertz CT molecular complexity index is 1910. The molecule has 4 aromatic rings. The van der Waals surface area contributed by atoms with E-state index in [9.17, 15) is 24.5 Å². The zero-order valence-corrected chi connectivity index (χ0v) is 25.3. The number of rotatable bonds is 5. The molecule has 3 fully saturated rings. The van der Waals surface area contributed by atoms with Crippen molar-refractivity contribution in [2.45, 2.75) is 56.3 Å². The summed E-state index contributed by atoms with van der Waals surface area (Å²) in [6.07, 6.45) is 5.85. The van der Waals surface area contributed by atoms with Crippen LogP contribution in [-0.4, -0.2) is 98.7 Å². The van der Waals surface area contributed by atoms with Gasteiger partial charge in [-0.2, -0.15) is 9.97 Å². The number of carbonyl (C=O) groups is 1. The first kappa shape index (κ1) is 30.8. The number of carbonyl (C=O) groups excluding carboxylic acids is 1. The van der Waals surface area contributed by atoms with E-state index in [-0.39, 0.29) is 71.0 Å². The molecule has 3 aliphatic rings. The second kappa shape index (κ2) is 12.1. The molecule has 47 heavy (non-hydrogen) atoms. The quantitative estimate of drug-likeness (QED) is 0.273. The van der Waals surface area contributed by atoms with Crippen molar-refractivity contribution in [3.63, 3.8) is 0 Å². The first-order chi connectivity index (χ1) is 22.6. The number of phenolic OH excluding ortho intramolecular Hbond substituents is 1. The summed E-state index contributed by atoms with van der Waals surface area (Å²) in [5.41, 5.74) is -0.285. The summed E-state index contributed by atoms with van der Waals surface area (Å²) >= 11 is 0. The number of halogens is 2. The van der Waals surface area contributed by atoms with E-state index in [2.05, 4.69) is 20.9 Å². The van der Waals surface area contributed by atoms with Crippen LogP contribution in [0.5, 0.6) is 11.8 Å². The summed E-state index contributed by atoms with van der Waals surface area (Å²) in [6.45, 7) is 0.630. The first-order valence-corrected chi connectivity index (χ1v) is 15.2. The van der Waals surface area contributed by atoms with Crippen molar-refractivity contribution < 1.29 is 43.1 Å². The van der Waals surface area contributed by atoms with Crippen molar-refractivity contribution in [2.75, 3.05) is 31.7 Å². The summed E-state index contributed by atoms with van der Waals surface area (Å²) in [5, 5.41) is 31.0. The largest absolute Gasteiger partial charge is 0.508 e. The van der Waals surface area contributed by atoms with Crippen molar-refractivity contribution >= 4 is 33.6 Å². The molecule has 14 heteroatoms. The van der Waals surface area contributed by atoms with Crippen LogP contribution in [0.25, 0.3) is 32.9 Å². The Labute approximate surface area is 267 Å². The third-order valence-electron chi connectivity index (χ3n) is 9.02. The Kier molecular flexibility index (Phi) is 7.91. The average molecular weight is 648 g/mol. The predicted molar refractivity (Wildman–Crippen MR) is 165 cm³/mol. The van der Waals surface area contributed by atoms with E-state index >= 15 is 4.39 Å². The van der Waals surface area contributed by atoms with Crippen LogP contribution in [0.1, 0.15) is 31.2 Å². The van der Waals surface area contributed by atoms with Crippen molar-refractivity contribution in [2.24, 2.45) is 0 Å². The molecule has 3 N–H and O–H groups in total. The molecule has 2 aromatic heterocycles. The topological polar surface area (TPSA) is 151 Å². The summed E-state index contributed by atoms with van der Waals surface area (Å²) < 4.78 is 47.5. The van der Waals surface area contributed by atoms with Crippen LogP contribution in [0.2, 0.25) is 0 Å². The number of phenols is 1. The molecule has 0 radical (unpaired) electrons. The number of nitrogens with zero attached hydrogens (tertiary/aromatic N) is 5. The molecule has 7 rings (SSSR count). The molecule has 5 atom stereocenters. The first-order valence-electron chi connectivity index (χ1n) is 15.2. The number of pyridine rings is 1. The van der Waals surface area contributed by atoms with E-state index in [0.29, 0.717) is 42.5 Å². The van der Waals surface area contributed by atoms with E-state index in [1.54, 1.807) is 4.90 Å². The lowest BCUT2D eigenvalue weighted by Crippen LogP contribution is -2.56. The molecule has 0 aliphatic carbocycles. The highest BCUT2D eigenvalue weighted by molar-refractivity contribution is 6.03. The molecule has 12 nitrogen and oxygen atoms in total. The Morgan fingerprint density at radius 2 is 1.91 bits per heavy atom. The van der Waals surface area contributed by atoms with E-state index in [1.807, 2.05) is 4.90 Å². The summed E-state index contributed by atoms with van der Waals surface area (Å²) in [5.74, 6) is 1.00. The lowest BCUT2D eigenvalue weighted by molar-refractivity contribution is -0.197. The highest BCUT2D eigenvalue weighted by Gasteiger charge is 2.44. The van der Waals surface area contributed by atoms with Crippen LogP contribution in [0, 0.1) is 24.0 Å². The zero-order chi connectivity index (χ0) is 33.0. The fraction of sp³-hybridized carbons (Fsp3) is 0.394. The minimum Gasteiger partial charge on any atom is -0.508 e. The maximum atomic E-state index is 16.5. The number of terminal acetylenes is 1. The molecule has 5 heterocycles. The van der Waals surface area contributed by atoms with E-state index in [0.717, 1.165) is 0 Å². The van der Waals surface area contributed by atoms with Crippen molar-refractivity contribution in [3.05, 3.63) is 47.7 Å². The van der Waals surface area contributed by atoms with Gasteiger partial charge in [-0.15, -0.1) is 6.42 Å². The van der Waals surface area contributed by atoms with Crippen molar-refractivity contribution in [1.29, 1.82) is 0 Å². The second-order valence-corrected chi connectivity index (χ2v) is 12.0. The van der Waals surface area contributed by atoms with Gasteiger partial charge in [-0.1, -0.05) is 12.0 Å². The summed E-state index contributed by atoms with van der Waals surface area (Å²) in [4.78, 5) is 30.0. The maximum absolute atomic E-state index is 16.5. The van der Waals surface area contributed by atoms with Gasteiger partial charge >= 0.3 is 12.1 Å². The Hall–Kier alpha value is -4.84. The van der Waals surface area contributed by atoms with Gasteiger partial charge in [0.1, 0.15) is 35.2 Å². The molecule has 2 unspecified atom stereocenters. The van der Waals surface area contributed by atoms with Crippen LogP contribution >= 0.6 is 0 Å². The molecular formula is C33H31F2N5O7. The van der Waals surface area contributed by atoms with Crippen LogP contribution < -0.4 is 9.64 Å². The summed E-state index contributed by atoms with van der Waals surface area (Å²) in [6, 6.07) is 4.76. The van der Waals surface area contributed by atoms with E-state index < -0.39 is 36.2 Å². The maximum Gasteiger partial charge on any atom is 0.410 e. The van der Waals surface area contributed by atoms with Crippen molar-refractivity contribution in [3.8, 4) is 35.4 Å². The minimum absolute atomic E-state index is 0.0897. The van der Waals surface area contributed by atoms with E-state index in [4.69, 9.17) is 20.6 Å². The highest BCUT2D eigenvalue weighted by Crippen LogP contribution is 2.40. The van der Waals surface area contributed by atoms with Crippen LogP contribution in [0.3, 0.4) is 0 Å². The number of piperazine rings is 1. The van der Waals surface area contributed by atoms with Gasteiger partial charge in [0, 0.05) is 43.1 Å². The number of methoxy groups -OCH3 is 1. The highest BCUT2D eigenvalue weighted by atomic mass is 19.1. The van der Waals surface area contributed by atoms with Gasteiger partial charge in [0.15, 0.2) is 12.1 Å². The molecular weight excluding hydrogens is 616 g/mol. The Balaban J connectivity index is 1.20. The number of anilines is 1. The third-order valence-corrected chi connectivity index (χ3v) is 9.02. The standard InChI is InChI=1S/C33H31F2N5O7/c1-3-22-25(34)7-4-16-8-19(41)10-23(27(16)22)29-28(35)30-24(12-36-29)31(38-32(37-30)45-2)39-13-17-5-6-18(14-39)40(17)33(44)46-15-21-9-20(42)11-26(43)47-21/h1,4,7-8,10,12,17-18,20-21,26,41-43H,5-6,9,11,13-15H2,2H3/t17?,18?,20-,21-,26+/m0/s1. The molecule has 2 bridgehead atoms. The fourth-order valence-corrected chi connectivity index (χ4v) is 6.98. The number of fused-ring (bicyclic) bond motifs is 4. The Morgan fingerprint density at radius 1 is 1.15 bits per heavy atom. The van der Waals surface area contributed by atoms with Crippen molar-refractivity contribution in [1.82, 2.24) is 19.9 Å². The molecule has 244 valence electrons.